The number of carbonyl (C=O) groups is 1. The molecule has 2 rings (SSSR count). The fourth-order valence-corrected chi connectivity index (χ4v) is 3.56. The van der Waals surface area contributed by atoms with E-state index in [0.717, 1.165) is 17.7 Å². The summed E-state index contributed by atoms with van der Waals surface area (Å²) in [4.78, 5) is 22.5. The van der Waals surface area contributed by atoms with E-state index in [4.69, 9.17) is 4.74 Å². The number of carbonyl (C=O) groups excluding carboxylic acids is 1. The molecule has 6 nitrogen and oxygen atoms in total. The SMILES string of the molecule is CCCCN=O.CCOC(=O)C1=C(C)NC(S)=C(C#N)C1c1cccs1. The molecule has 0 saturated heterocycles. The highest BCUT2D eigenvalue weighted by atomic mass is 32.1. The van der Waals surface area contributed by atoms with Crippen molar-refractivity contribution in [3.63, 3.8) is 0 Å². The average molecular weight is 394 g/mol. The van der Waals surface area contributed by atoms with E-state index in [1.54, 1.807) is 13.8 Å². The summed E-state index contributed by atoms with van der Waals surface area (Å²) >= 11 is 5.81. The van der Waals surface area contributed by atoms with Crippen molar-refractivity contribution in [2.75, 3.05) is 13.2 Å². The first-order valence-electron chi connectivity index (χ1n) is 8.32. The maximum Gasteiger partial charge on any atom is 0.336 e. The van der Waals surface area contributed by atoms with E-state index in [1.165, 1.54) is 11.3 Å². The van der Waals surface area contributed by atoms with Crippen molar-refractivity contribution in [2.45, 2.75) is 39.5 Å². The number of ether oxygens (including phenoxy) is 1. The molecule has 0 saturated carbocycles. The van der Waals surface area contributed by atoms with Crippen LogP contribution in [0.4, 0.5) is 0 Å². The highest BCUT2D eigenvalue weighted by molar-refractivity contribution is 7.84. The zero-order valence-electron chi connectivity index (χ0n) is 15.1. The van der Waals surface area contributed by atoms with Gasteiger partial charge >= 0.3 is 5.97 Å². The second kappa shape index (κ2) is 11.5. The Morgan fingerprint density at radius 1 is 1.50 bits per heavy atom. The third-order valence-corrected chi connectivity index (χ3v) is 4.88. The Balaban J connectivity index is 0.000000487. The Labute approximate surface area is 163 Å². The first kappa shape index (κ1) is 21.9. The number of dihydropyridines is 1. The van der Waals surface area contributed by atoms with Gasteiger partial charge in [0.1, 0.15) is 0 Å². The van der Waals surface area contributed by atoms with Crippen molar-refractivity contribution >= 4 is 29.9 Å². The second-order valence-electron chi connectivity index (χ2n) is 5.41. The summed E-state index contributed by atoms with van der Waals surface area (Å²) in [7, 11) is 0. The largest absolute Gasteiger partial charge is 0.463 e. The summed E-state index contributed by atoms with van der Waals surface area (Å²) in [5.74, 6) is -0.808. The zero-order valence-corrected chi connectivity index (χ0v) is 16.8. The third kappa shape index (κ3) is 5.71. The number of hydrogen-bond acceptors (Lipinski definition) is 8. The van der Waals surface area contributed by atoms with Crippen LogP contribution in [-0.2, 0) is 9.53 Å². The molecule has 0 spiro atoms. The van der Waals surface area contributed by atoms with E-state index < -0.39 is 11.9 Å². The average Bonchev–Trinajstić information content (AvgIpc) is 3.14. The molecule has 0 fully saturated rings. The second-order valence-corrected chi connectivity index (χ2v) is 6.84. The smallest absolute Gasteiger partial charge is 0.336 e. The molecule has 1 aromatic rings. The number of rotatable bonds is 6. The van der Waals surface area contributed by atoms with Crippen LogP contribution in [0.5, 0.6) is 0 Å². The summed E-state index contributed by atoms with van der Waals surface area (Å²) in [5.41, 5.74) is 1.58. The van der Waals surface area contributed by atoms with Crippen LogP contribution in [0.3, 0.4) is 0 Å². The van der Waals surface area contributed by atoms with E-state index >= 15 is 0 Å². The standard InChI is InChI=1S/C14H14N2O2S2.C4H9NO/c1-3-18-14(17)11-8(2)16-13(19)9(7-15)12(11)10-5-4-6-20-10;1-2-3-4-5-6/h4-6,12,16,19H,3H2,1-2H3;2-4H2,1H3. The molecule has 1 aromatic heterocycles. The van der Waals surface area contributed by atoms with Crippen LogP contribution in [0.25, 0.3) is 0 Å². The van der Waals surface area contributed by atoms with Gasteiger partial charge in [-0.1, -0.05) is 24.6 Å². The summed E-state index contributed by atoms with van der Waals surface area (Å²) in [6, 6.07) is 5.95. The Bertz CT molecular complexity index is 719. The predicted molar refractivity (Wildman–Crippen MR) is 107 cm³/mol. The number of hydrogen-bond donors (Lipinski definition) is 2. The summed E-state index contributed by atoms with van der Waals surface area (Å²) in [6.07, 6.45) is 2.00. The van der Waals surface area contributed by atoms with Gasteiger partial charge in [0.15, 0.2) is 0 Å². The number of nitrogens with one attached hydrogen (secondary N) is 1. The van der Waals surface area contributed by atoms with Gasteiger partial charge in [0.25, 0.3) is 0 Å². The molecule has 26 heavy (non-hydrogen) atoms. The van der Waals surface area contributed by atoms with Crippen LogP contribution >= 0.6 is 24.0 Å². The van der Waals surface area contributed by atoms with Crippen molar-refractivity contribution in [2.24, 2.45) is 5.18 Å². The highest BCUT2D eigenvalue weighted by Gasteiger charge is 2.34. The molecule has 0 aliphatic carbocycles. The maximum atomic E-state index is 12.2. The predicted octanol–water partition coefficient (Wildman–Crippen LogP) is 4.49. The zero-order chi connectivity index (χ0) is 19.5. The quantitative estimate of drug-likeness (QED) is 0.321. The Morgan fingerprint density at radius 2 is 2.23 bits per heavy atom. The minimum atomic E-state index is -0.409. The number of nitroso groups, excluding NO2 is 1. The maximum absolute atomic E-state index is 12.2. The van der Waals surface area contributed by atoms with Crippen molar-refractivity contribution in [3.05, 3.63) is 49.2 Å². The molecule has 1 aliphatic rings. The molecule has 1 atom stereocenters. The minimum Gasteiger partial charge on any atom is -0.463 e. The van der Waals surface area contributed by atoms with Crippen LogP contribution in [0.15, 0.2) is 44.6 Å². The molecule has 1 N–H and O–H groups in total. The van der Waals surface area contributed by atoms with Gasteiger partial charge in [0.05, 0.1) is 41.3 Å². The molecule has 0 aromatic carbocycles. The number of nitriles is 1. The normalized spacial score (nSPS) is 16.2. The highest BCUT2D eigenvalue weighted by Crippen LogP contribution is 2.40. The lowest BCUT2D eigenvalue weighted by molar-refractivity contribution is -0.138. The van der Waals surface area contributed by atoms with Crippen LogP contribution in [0, 0.1) is 16.2 Å². The summed E-state index contributed by atoms with van der Waals surface area (Å²) < 4.78 is 5.12. The third-order valence-electron chi connectivity index (χ3n) is 3.59. The molecule has 1 aliphatic heterocycles. The summed E-state index contributed by atoms with van der Waals surface area (Å²) in [6.45, 7) is 6.36. The van der Waals surface area contributed by atoms with E-state index in [2.05, 4.69) is 29.2 Å². The number of thiol groups is 1. The van der Waals surface area contributed by atoms with Gasteiger partial charge in [0.2, 0.25) is 0 Å². The molecule has 0 bridgehead atoms. The van der Waals surface area contributed by atoms with Crippen molar-refractivity contribution in [1.82, 2.24) is 5.32 Å². The fourth-order valence-electron chi connectivity index (χ4n) is 2.37. The lowest BCUT2D eigenvalue weighted by Crippen LogP contribution is -2.27. The van der Waals surface area contributed by atoms with Gasteiger partial charge in [-0.05, 0) is 31.7 Å². The van der Waals surface area contributed by atoms with Crippen molar-refractivity contribution in [1.29, 1.82) is 5.26 Å². The number of allylic oxidation sites excluding steroid dienone is 2. The van der Waals surface area contributed by atoms with Crippen LogP contribution in [0.2, 0.25) is 0 Å². The molecule has 0 radical (unpaired) electrons. The minimum absolute atomic E-state index is 0.298. The molecular formula is C18H23N3O3S2. The Kier molecular flexibility index (Phi) is 9.70. The van der Waals surface area contributed by atoms with Crippen molar-refractivity contribution < 1.29 is 9.53 Å². The lowest BCUT2D eigenvalue weighted by Gasteiger charge is -2.26. The number of esters is 1. The van der Waals surface area contributed by atoms with E-state index in [1.807, 2.05) is 24.4 Å². The van der Waals surface area contributed by atoms with E-state index in [0.29, 0.717) is 35.0 Å². The van der Waals surface area contributed by atoms with Crippen LogP contribution in [0.1, 0.15) is 44.4 Å². The van der Waals surface area contributed by atoms with Crippen molar-refractivity contribution in [3.8, 4) is 6.07 Å². The topological polar surface area (TPSA) is 91.5 Å². The number of nitrogens with zero attached hydrogens (tertiary/aromatic N) is 2. The molecule has 8 heteroatoms. The molecule has 2 heterocycles. The number of thiophene rings is 1. The summed E-state index contributed by atoms with van der Waals surface area (Å²) in [5, 5.41) is 17.4. The van der Waals surface area contributed by atoms with Gasteiger partial charge in [0, 0.05) is 10.6 Å². The van der Waals surface area contributed by atoms with Gasteiger partial charge < -0.3 is 10.1 Å². The van der Waals surface area contributed by atoms with Crippen LogP contribution < -0.4 is 5.32 Å². The Morgan fingerprint density at radius 3 is 2.69 bits per heavy atom. The van der Waals surface area contributed by atoms with Gasteiger partial charge in [-0.15, -0.1) is 24.0 Å². The molecule has 0 amide bonds. The number of unbranched alkanes of at least 4 members (excludes halogenated alkanes) is 1. The van der Waals surface area contributed by atoms with Gasteiger partial charge in [-0.3, -0.25) is 0 Å². The lowest BCUT2D eigenvalue weighted by atomic mass is 9.87. The van der Waals surface area contributed by atoms with E-state index in [9.17, 15) is 15.0 Å². The Hall–Kier alpha value is -2.11. The fraction of sp³-hybridized carbons (Fsp3) is 0.444. The van der Waals surface area contributed by atoms with Crippen LogP contribution in [-0.4, -0.2) is 19.1 Å². The molecule has 140 valence electrons. The molecular weight excluding hydrogens is 370 g/mol. The molecule has 1 unspecified atom stereocenters. The van der Waals surface area contributed by atoms with E-state index in [-0.39, 0.29) is 0 Å². The monoisotopic (exact) mass is 393 g/mol. The van der Waals surface area contributed by atoms with Gasteiger partial charge in [-0.2, -0.15) is 10.2 Å². The first-order chi connectivity index (χ1) is 12.5. The first-order valence-corrected chi connectivity index (χ1v) is 9.65. The van der Waals surface area contributed by atoms with Gasteiger partial charge in [-0.25, -0.2) is 4.79 Å².